The van der Waals surface area contributed by atoms with Crippen LogP contribution in [0, 0.1) is 0 Å². The summed E-state index contributed by atoms with van der Waals surface area (Å²) in [4.78, 5) is 10.5. The van der Waals surface area contributed by atoms with Gasteiger partial charge in [-0.25, -0.2) is 0 Å². The summed E-state index contributed by atoms with van der Waals surface area (Å²) >= 11 is 6.36. The fraction of sp³-hybridized carbons (Fsp3) is 0.273. The largest absolute Gasteiger partial charge is 0.481 e. The standard InChI is InChI=1S/C11H12O2S2/c12-11(13)6-10(7-14)15-8-9-4-2-1-3-5-9/h1-5,7,10H,6,8H2,(H,12,13). The highest BCUT2D eigenvalue weighted by molar-refractivity contribution is 8.00. The highest BCUT2D eigenvalue weighted by Gasteiger charge is 2.10. The van der Waals surface area contributed by atoms with Gasteiger partial charge in [0, 0.05) is 11.0 Å². The zero-order valence-electron chi connectivity index (χ0n) is 8.13. The third-order valence-electron chi connectivity index (χ3n) is 1.83. The smallest absolute Gasteiger partial charge is 0.304 e. The maximum Gasteiger partial charge on any atom is 0.304 e. The lowest BCUT2D eigenvalue weighted by atomic mass is 10.2. The van der Waals surface area contributed by atoms with E-state index >= 15 is 0 Å². The fourth-order valence-electron chi connectivity index (χ4n) is 1.10. The van der Waals surface area contributed by atoms with E-state index in [9.17, 15) is 4.79 Å². The maximum absolute atomic E-state index is 10.5. The second kappa shape index (κ2) is 6.58. The van der Waals surface area contributed by atoms with Gasteiger partial charge in [0.2, 0.25) is 0 Å². The van der Waals surface area contributed by atoms with Crippen molar-refractivity contribution in [2.45, 2.75) is 17.4 Å². The number of carbonyl (C=O) groups is 1. The first kappa shape index (κ1) is 12.2. The minimum atomic E-state index is -0.804. The van der Waals surface area contributed by atoms with Crippen LogP contribution in [-0.4, -0.2) is 21.7 Å². The highest BCUT2D eigenvalue weighted by atomic mass is 32.2. The number of thiocarbonyl (C=S) groups is 1. The molecule has 0 fully saturated rings. The van der Waals surface area contributed by atoms with Crippen molar-refractivity contribution in [1.82, 2.24) is 0 Å². The molecule has 2 nitrogen and oxygen atoms in total. The number of benzene rings is 1. The second-order valence-electron chi connectivity index (χ2n) is 3.07. The number of hydrogen-bond donors (Lipinski definition) is 1. The van der Waals surface area contributed by atoms with Crippen LogP contribution >= 0.6 is 24.0 Å². The Morgan fingerprint density at radius 3 is 2.67 bits per heavy atom. The van der Waals surface area contributed by atoms with Crippen molar-refractivity contribution < 1.29 is 9.90 Å². The van der Waals surface area contributed by atoms with Gasteiger partial charge in [-0.05, 0) is 10.9 Å². The van der Waals surface area contributed by atoms with Gasteiger partial charge in [-0.1, -0.05) is 42.5 Å². The first-order valence-electron chi connectivity index (χ1n) is 4.55. The molecular formula is C11H12O2S2. The quantitative estimate of drug-likeness (QED) is 0.776. The molecule has 0 amide bonds. The predicted molar refractivity (Wildman–Crippen MR) is 67.4 cm³/mol. The molecule has 0 bridgehead atoms. The molecule has 80 valence electrons. The zero-order valence-corrected chi connectivity index (χ0v) is 9.76. The lowest BCUT2D eigenvalue weighted by Crippen LogP contribution is -2.10. The van der Waals surface area contributed by atoms with Gasteiger partial charge >= 0.3 is 5.97 Å². The van der Waals surface area contributed by atoms with Crippen molar-refractivity contribution in [2.75, 3.05) is 0 Å². The number of rotatable bonds is 6. The van der Waals surface area contributed by atoms with Crippen LogP contribution in [0.25, 0.3) is 0 Å². The van der Waals surface area contributed by atoms with Crippen LogP contribution in [0.5, 0.6) is 0 Å². The molecule has 0 aliphatic rings. The third kappa shape index (κ3) is 4.95. The van der Waals surface area contributed by atoms with Gasteiger partial charge in [0.15, 0.2) is 0 Å². The van der Waals surface area contributed by atoms with E-state index in [-0.39, 0.29) is 11.7 Å². The summed E-state index contributed by atoms with van der Waals surface area (Å²) in [5.74, 6) is -0.00647. The second-order valence-corrected chi connectivity index (χ2v) is 4.57. The molecule has 4 heteroatoms. The molecule has 1 aromatic carbocycles. The topological polar surface area (TPSA) is 37.3 Å². The van der Waals surface area contributed by atoms with E-state index in [1.807, 2.05) is 30.3 Å². The van der Waals surface area contributed by atoms with Crippen molar-refractivity contribution >= 4 is 35.3 Å². The van der Waals surface area contributed by atoms with E-state index in [0.717, 1.165) is 5.75 Å². The minimum Gasteiger partial charge on any atom is -0.481 e. The molecule has 0 radical (unpaired) electrons. The molecule has 1 atom stereocenters. The normalized spacial score (nSPS) is 12.0. The first-order chi connectivity index (χ1) is 7.22. The van der Waals surface area contributed by atoms with Crippen molar-refractivity contribution in [1.29, 1.82) is 0 Å². The Hall–Kier alpha value is -0.870. The monoisotopic (exact) mass is 240 g/mol. The Labute approximate surface area is 98.7 Å². The van der Waals surface area contributed by atoms with E-state index in [1.54, 1.807) is 11.8 Å². The van der Waals surface area contributed by atoms with Crippen molar-refractivity contribution in [2.24, 2.45) is 0 Å². The van der Waals surface area contributed by atoms with E-state index < -0.39 is 5.97 Å². The first-order valence-corrected chi connectivity index (χ1v) is 6.07. The highest BCUT2D eigenvalue weighted by Crippen LogP contribution is 2.19. The lowest BCUT2D eigenvalue weighted by molar-refractivity contribution is -0.136. The maximum atomic E-state index is 10.5. The SMILES string of the molecule is O=C(O)CC(C=S)SCc1ccccc1. The Morgan fingerprint density at radius 1 is 1.47 bits per heavy atom. The Kier molecular flexibility index (Phi) is 5.36. The molecule has 1 aromatic rings. The van der Waals surface area contributed by atoms with Crippen LogP contribution in [0.15, 0.2) is 30.3 Å². The van der Waals surface area contributed by atoms with Crippen molar-refractivity contribution in [3.63, 3.8) is 0 Å². The Bertz CT molecular complexity index is 325. The van der Waals surface area contributed by atoms with Crippen LogP contribution in [-0.2, 0) is 10.5 Å². The molecule has 0 aromatic heterocycles. The van der Waals surface area contributed by atoms with Gasteiger partial charge < -0.3 is 5.11 Å². The summed E-state index contributed by atoms with van der Waals surface area (Å²) in [5.41, 5.74) is 1.19. The summed E-state index contributed by atoms with van der Waals surface area (Å²) in [6.07, 6.45) is 0.0982. The summed E-state index contributed by atoms with van der Waals surface area (Å²) < 4.78 is 0. The molecule has 0 aliphatic heterocycles. The number of aliphatic carboxylic acids is 1. The van der Waals surface area contributed by atoms with Gasteiger partial charge in [0.05, 0.1) is 6.42 Å². The number of carboxylic acid groups (broad SMARTS) is 1. The van der Waals surface area contributed by atoms with Gasteiger partial charge in [-0.15, -0.1) is 11.8 Å². The molecular weight excluding hydrogens is 228 g/mol. The average molecular weight is 240 g/mol. The zero-order chi connectivity index (χ0) is 11.1. The van der Waals surface area contributed by atoms with E-state index in [2.05, 4.69) is 0 Å². The van der Waals surface area contributed by atoms with Crippen LogP contribution in [0.3, 0.4) is 0 Å². The molecule has 0 saturated heterocycles. The van der Waals surface area contributed by atoms with E-state index in [0.29, 0.717) is 0 Å². The molecule has 15 heavy (non-hydrogen) atoms. The van der Waals surface area contributed by atoms with Gasteiger partial charge in [-0.3, -0.25) is 4.79 Å². The third-order valence-corrected chi connectivity index (χ3v) is 3.57. The minimum absolute atomic E-state index is 0.0855. The summed E-state index contributed by atoms with van der Waals surface area (Å²) in [5, 5.41) is 10.1. The van der Waals surface area contributed by atoms with Crippen molar-refractivity contribution in [3.8, 4) is 0 Å². The molecule has 0 heterocycles. The van der Waals surface area contributed by atoms with Gasteiger partial charge in [0.1, 0.15) is 0 Å². The van der Waals surface area contributed by atoms with E-state index in [4.69, 9.17) is 17.3 Å². The van der Waals surface area contributed by atoms with Crippen LogP contribution in [0.4, 0.5) is 0 Å². The molecule has 1 unspecified atom stereocenters. The fourth-order valence-corrected chi connectivity index (χ4v) is 2.37. The van der Waals surface area contributed by atoms with Gasteiger partial charge in [0.25, 0.3) is 0 Å². The summed E-state index contributed by atoms with van der Waals surface area (Å²) in [6, 6.07) is 9.95. The number of thioether (sulfide) groups is 1. The Balaban J connectivity index is 2.41. The van der Waals surface area contributed by atoms with E-state index in [1.165, 1.54) is 10.9 Å². The Morgan fingerprint density at radius 2 is 2.13 bits per heavy atom. The van der Waals surface area contributed by atoms with Crippen LogP contribution in [0.1, 0.15) is 12.0 Å². The average Bonchev–Trinajstić information content (AvgIpc) is 2.25. The summed E-state index contributed by atoms with van der Waals surface area (Å²) in [6.45, 7) is 0. The molecule has 1 N–H and O–H groups in total. The molecule has 0 aliphatic carbocycles. The van der Waals surface area contributed by atoms with Crippen LogP contribution < -0.4 is 0 Å². The number of hydrogen-bond acceptors (Lipinski definition) is 3. The molecule has 0 spiro atoms. The molecule has 1 rings (SSSR count). The summed E-state index contributed by atoms with van der Waals surface area (Å²) in [7, 11) is 0. The van der Waals surface area contributed by atoms with Crippen molar-refractivity contribution in [3.05, 3.63) is 35.9 Å². The van der Waals surface area contributed by atoms with Gasteiger partial charge in [-0.2, -0.15) is 0 Å². The number of carboxylic acids is 1. The molecule has 0 saturated carbocycles. The predicted octanol–water partition coefficient (Wildman–Crippen LogP) is 2.76. The lowest BCUT2D eigenvalue weighted by Gasteiger charge is -2.08. The van der Waals surface area contributed by atoms with Crippen LogP contribution in [0.2, 0.25) is 0 Å².